The van der Waals surface area contributed by atoms with Crippen LogP contribution in [0.5, 0.6) is 5.75 Å². The predicted molar refractivity (Wildman–Crippen MR) is 94.3 cm³/mol. The molecule has 4 atom stereocenters. The van der Waals surface area contributed by atoms with Crippen molar-refractivity contribution in [3.8, 4) is 17.6 Å². The molecule has 120 valence electrons. The van der Waals surface area contributed by atoms with Gasteiger partial charge in [0.25, 0.3) is 0 Å². The number of phenolic OH excluding ortho intramolecular Hbond substituents is 1. The summed E-state index contributed by atoms with van der Waals surface area (Å²) in [4.78, 5) is 0. The van der Waals surface area contributed by atoms with Crippen molar-refractivity contribution in [2.24, 2.45) is 17.3 Å². The van der Waals surface area contributed by atoms with E-state index in [9.17, 15) is 5.11 Å². The Morgan fingerprint density at radius 2 is 2.17 bits per heavy atom. The zero-order valence-corrected chi connectivity index (χ0v) is 14.2. The van der Waals surface area contributed by atoms with Crippen LogP contribution in [0.25, 0.3) is 0 Å². The van der Waals surface area contributed by atoms with Gasteiger partial charge in [-0.1, -0.05) is 37.8 Å². The maximum Gasteiger partial charge on any atom is 0.115 e. The lowest BCUT2D eigenvalue weighted by Gasteiger charge is -2.49. The molecule has 0 spiro atoms. The molecule has 0 bridgehead atoms. The summed E-state index contributed by atoms with van der Waals surface area (Å²) in [6, 6.07) is 6.05. The molecule has 1 N–H and O–H groups in total. The Morgan fingerprint density at radius 1 is 1.30 bits per heavy atom. The van der Waals surface area contributed by atoms with Gasteiger partial charge in [-0.3, -0.25) is 0 Å². The lowest BCUT2D eigenvalue weighted by Crippen LogP contribution is -2.41. The highest BCUT2D eigenvalue weighted by Gasteiger charge is 2.51. The van der Waals surface area contributed by atoms with Gasteiger partial charge in [-0.05, 0) is 73.1 Å². The fraction of sp³-hybridized carbons (Fsp3) is 0.545. The van der Waals surface area contributed by atoms with E-state index in [1.165, 1.54) is 42.4 Å². The zero-order chi connectivity index (χ0) is 16.0. The molecule has 1 heteroatoms. The number of hydrogen-bond acceptors (Lipinski definition) is 1. The van der Waals surface area contributed by atoms with Gasteiger partial charge in [0.2, 0.25) is 0 Å². The monoisotopic (exact) mass is 306 g/mol. The van der Waals surface area contributed by atoms with E-state index >= 15 is 0 Å². The van der Waals surface area contributed by atoms with Crippen LogP contribution in [0, 0.1) is 29.1 Å². The fourth-order valence-electron chi connectivity index (χ4n) is 5.51. The molecule has 0 amide bonds. The molecular formula is C22H26O. The molecule has 1 nitrogen and oxygen atoms in total. The SMILES string of the molecule is CCC#CC1=CCC2C3CCc4cc(O)ccc4C3CC[C@]12C. The average molecular weight is 306 g/mol. The van der Waals surface area contributed by atoms with Gasteiger partial charge in [0.1, 0.15) is 5.75 Å². The normalized spacial score (nSPS) is 34.5. The highest BCUT2D eigenvalue weighted by molar-refractivity contribution is 5.44. The zero-order valence-electron chi connectivity index (χ0n) is 14.2. The molecule has 3 aliphatic rings. The Morgan fingerprint density at radius 3 is 3.00 bits per heavy atom. The quantitative estimate of drug-likeness (QED) is 0.653. The van der Waals surface area contributed by atoms with Crippen LogP contribution in [0.2, 0.25) is 0 Å². The van der Waals surface area contributed by atoms with Gasteiger partial charge in [0.05, 0.1) is 0 Å². The Balaban J connectivity index is 1.66. The molecule has 3 aliphatic carbocycles. The van der Waals surface area contributed by atoms with Gasteiger partial charge in [0, 0.05) is 17.4 Å². The van der Waals surface area contributed by atoms with Crippen LogP contribution in [-0.4, -0.2) is 5.11 Å². The Bertz CT molecular complexity index is 717. The van der Waals surface area contributed by atoms with E-state index in [0.29, 0.717) is 17.1 Å². The summed E-state index contributed by atoms with van der Waals surface area (Å²) in [5, 5.41) is 9.77. The lowest BCUT2D eigenvalue weighted by molar-refractivity contribution is 0.0781. The molecule has 4 rings (SSSR count). The number of hydrogen-bond donors (Lipinski definition) is 1. The first kappa shape index (κ1) is 14.9. The Hall–Kier alpha value is -1.68. The van der Waals surface area contributed by atoms with Crippen molar-refractivity contribution < 1.29 is 5.11 Å². The molecule has 23 heavy (non-hydrogen) atoms. The van der Waals surface area contributed by atoms with Crippen molar-refractivity contribution in [3.05, 3.63) is 41.0 Å². The third kappa shape index (κ3) is 2.23. The summed E-state index contributed by atoms with van der Waals surface area (Å²) in [6.45, 7) is 4.59. The molecule has 1 saturated carbocycles. The topological polar surface area (TPSA) is 20.2 Å². The fourth-order valence-corrected chi connectivity index (χ4v) is 5.51. The lowest BCUT2D eigenvalue weighted by atomic mass is 9.54. The van der Waals surface area contributed by atoms with Crippen molar-refractivity contribution in [2.75, 3.05) is 0 Å². The van der Waals surface area contributed by atoms with Crippen molar-refractivity contribution in [3.63, 3.8) is 0 Å². The number of allylic oxidation sites excluding steroid dienone is 2. The highest BCUT2D eigenvalue weighted by atomic mass is 16.3. The molecule has 0 aromatic heterocycles. The first-order chi connectivity index (χ1) is 11.1. The largest absolute Gasteiger partial charge is 0.508 e. The second-order valence-corrected chi connectivity index (χ2v) is 7.76. The van der Waals surface area contributed by atoms with Crippen LogP contribution in [0.1, 0.15) is 63.0 Å². The molecule has 0 saturated heterocycles. The molecular weight excluding hydrogens is 280 g/mol. The molecule has 3 unspecified atom stereocenters. The molecule has 0 aliphatic heterocycles. The van der Waals surface area contributed by atoms with Crippen LogP contribution in [0.3, 0.4) is 0 Å². The molecule has 0 heterocycles. The van der Waals surface area contributed by atoms with Crippen molar-refractivity contribution in [1.29, 1.82) is 0 Å². The van der Waals surface area contributed by atoms with E-state index in [0.717, 1.165) is 24.7 Å². The summed E-state index contributed by atoms with van der Waals surface area (Å²) in [7, 11) is 0. The number of rotatable bonds is 0. The molecule has 1 aromatic rings. The standard InChI is InChI=1S/C22H26O/c1-3-4-5-16-7-11-21-20-9-6-15-14-17(23)8-10-18(15)19(20)12-13-22(16,21)2/h7-8,10,14,19-21,23H,3,6,9,11-13H2,1-2H3/t19?,20?,21?,22-/m1/s1. The second-order valence-electron chi connectivity index (χ2n) is 7.76. The third-order valence-corrected chi connectivity index (χ3v) is 6.69. The summed E-state index contributed by atoms with van der Waals surface area (Å²) < 4.78 is 0. The van der Waals surface area contributed by atoms with Crippen molar-refractivity contribution in [2.45, 2.75) is 58.3 Å². The highest BCUT2D eigenvalue weighted by Crippen LogP contribution is 2.60. The van der Waals surface area contributed by atoms with Gasteiger partial charge in [-0.2, -0.15) is 0 Å². The average Bonchev–Trinajstić information content (AvgIpc) is 2.89. The maximum absolute atomic E-state index is 9.77. The van der Waals surface area contributed by atoms with E-state index in [1.54, 1.807) is 0 Å². The summed E-state index contributed by atoms with van der Waals surface area (Å²) in [6.07, 6.45) is 9.49. The van der Waals surface area contributed by atoms with Crippen LogP contribution in [-0.2, 0) is 6.42 Å². The van der Waals surface area contributed by atoms with E-state index in [2.05, 4.69) is 37.8 Å². The number of aromatic hydroxyl groups is 1. The molecule has 1 aromatic carbocycles. The smallest absolute Gasteiger partial charge is 0.115 e. The minimum absolute atomic E-state index is 0.303. The summed E-state index contributed by atoms with van der Waals surface area (Å²) >= 11 is 0. The second kappa shape index (κ2) is 5.45. The van der Waals surface area contributed by atoms with Crippen LogP contribution in [0.15, 0.2) is 29.8 Å². The predicted octanol–water partition coefficient (Wildman–Crippen LogP) is 5.20. The third-order valence-electron chi connectivity index (χ3n) is 6.69. The van der Waals surface area contributed by atoms with Crippen molar-refractivity contribution in [1.82, 2.24) is 0 Å². The Kier molecular flexibility index (Phi) is 3.52. The molecule has 1 fully saturated rings. The van der Waals surface area contributed by atoms with Crippen LogP contribution in [0.4, 0.5) is 0 Å². The number of aryl methyl sites for hydroxylation is 1. The van der Waals surface area contributed by atoms with Crippen LogP contribution < -0.4 is 0 Å². The van der Waals surface area contributed by atoms with Gasteiger partial charge in [0.15, 0.2) is 0 Å². The minimum atomic E-state index is 0.303. The van der Waals surface area contributed by atoms with Gasteiger partial charge < -0.3 is 5.11 Å². The number of benzene rings is 1. The van der Waals surface area contributed by atoms with E-state index in [4.69, 9.17) is 0 Å². The van der Waals surface area contributed by atoms with Gasteiger partial charge in [-0.15, -0.1) is 0 Å². The van der Waals surface area contributed by atoms with Gasteiger partial charge >= 0.3 is 0 Å². The maximum atomic E-state index is 9.77. The first-order valence-electron chi connectivity index (χ1n) is 9.15. The first-order valence-corrected chi connectivity index (χ1v) is 9.15. The minimum Gasteiger partial charge on any atom is -0.508 e. The van der Waals surface area contributed by atoms with E-state index < -0.39 is 0 Å². The molecule has 0 radical (unpaired) electrons. The summed E-state index contributed by atoms with van der Waals surface area (Å²) in [5.41, 5.74) is 4.61. The van der Waals surface area contributed by atoms with Crippen molar-refractivity contribution >= 4 is 0 Å². The summed E-state index contributed by atoms with van der Waals surface area (Å²) in [5.74, 6) is 9.41. The van der Waals surface area contributed by atoms with Gasteiger partial charge in [-0.25, -0.2) is 0 Å². The number of fused-ring (bicyclic) bond motifs is 5. The van der Waals surface area contributed by atoms with E-state index in [1.807, 2.05) is 12.1 Å². The number of phenols is 1. The van der Waals surface area contributed by atoms with Crippen LogP contribution >= 0.6 is 0 Å². The Labute approximate surface area is 139 Å². The van der Waals surface area contributed by atoms with E-state index in [-0.39, 0.29) is 0 Å².